The summed E-state index contributed by atoms with van der Waals surface area (Å²) in [5.41, 5.74) is 4.47. The van der Waals surface area contributed by atoms with Crippen LogP contribution in [0, 0.1) is 0 Å². The topological polar surface area (TPSA) is 84.9 Å². The number of ether oxygens (including phenoxy) is 2. The largest absolute Gasteiger partial charge is 0.454 e. The molecule has 0 fully saturated rings. The predicted molar refractivity (Wildman–Crippen MR) is 128 cm³/mol. The van der Waals surface area contributed by atoms with Gasteiger partial charge in [0.2, 0.25) is 22.7 Å². The predicted octanol–water partition coefficient (Wildman–Crippen LogP) is 4.11. The molecule has 2 aliphatic rings. The van der Waals surface area contributed by atoms with Crippen molar-refractivity contribution in [2.24, 2.45) is 0 Å². The summed E-state index contributed by atoms with van der Waals surface area (Å²) >= 11 is 0. The van der Waals surface area contributed by atoms with Crippen molar-refractivity contribution in [3.63, 3.8) is 0 Å². The first kappa shape index (κ1) is 23.4. The van der Waals surface area contributed by atoms with Crippen molar-refractivity contribution in [1.29, 1.82) is 0 Å². The Morgan fingerprint density at radius 3 is 2.58 bits per heavy atom. The molecule has 0 radical (unpaired) electrons. The van der Waals surface area contributed by atoms with E-state index in [1.165, 1.54) is 34.5 Å². The van der Waals surface area contributed by atoms with E-state index in [0.717, 1.165) is 24.8 Å². The molecule has 1 aliphatic heterocycles. The van der Waals surface area contributed by atoms with Crippen molar-refractivity contribution < 1.29 is 22.7 Å². The van der Waals surface area contributed by atoms with Gasteiger partial charge in [-0.2, -0.15) is 0 Å². The number of benzene rings is 2. The van der Waals surface area contributed by atoms with Crippen molar-refractivity contribution in [2.75, 3.05) is 23.9 Å². The third-order valence-electron chi connectivity index (χ3n) is 6.33. The Morgan fingerprint density at radius 1 is 1.06 bits per heavy atom. The molecule has 0 saturated heterocycles. The Balaban J connectivity index is 1.36. The van der Waals surface area contributed by atoms with Crippen LogP contribution in [0.5, 0.6) is 11.5 Å². The van der Waals surface area contributed by atoms with Gasteiger partial charge in [0, 0.05) is 19.0 Å². The molecule has 0 aromatic heterocycles. The number of rotatable bonds is 9. The molecule has 1 N–H and O–H groups in total. The zero-order valence-corrected chi connectivity index (χ0v) is 20.1. The molecular weight excluding hydrogens is 440 g/mol. The lowest BCUT2D eigenvalue weighted by Gasteiger charge is -2.23. The molecule has 178 valence electrons. The maximum absolute atomic E-state index is 12.7. The number of fused-ring (bicyclic) bond motifs is 2. The minimum absolute atomic E-state index is 0.0374. The summed E-state index contributed by atoms with van der Waals surface area (Å²) in [7, 11) is -3.51. The van der Waals surface area contributed by atoms with Crippen LogP contribution in [-0.4, -0.2) is 33.9 Å². The van der Waals surface area contributed by atoms with Crippen LogP contribution >= 0.6 is 0 Å². The quantitative estimate of drug-likeness (QED) is 0.594. The zero-order chi connectivity index (χ0) is 23.4. The van der Waals surface area contributed by atoms with Gasteiger partial charge in [-0.05, 0) is 67.3 Å². The number of hydrogen-bond acceptors (Lipinski definition) is 5. The minimum Gasteiger partial charge on any atom is -0.454 e. The Kier molecular flexibility index (Phi) is 7.12. The molecule has 2 aromatic carbocycles. The molecule has 1 amide bonds. The normalized spacial score (nSPS) is 15.6. The first-order chi connectivity index (χ1) is 15.8. The van der Waals surface area contributed by atoms with Crippen LogP contribution in [0.4, 0.5) is 5.69 Å². The van der Waals surface area contributed by atoms with Gasteiger partial charge in [-0.25, -0.2) is 8.42 Å². The van der Waals surface area contributed by atoms with Crippen LogP contribution < -0.4 is 19.1 Å². The van der Waals surface area contributed by atoms with Gasteiger partial charge in [0.15, 0.2) is 11.5 Å². The fourth-order valence-electron chi connectivity index (χ4n) is 4.57. The summed E-state index contributed by atoms with van der Waals surface area (Å²) in [6.07, 6.45) is 7.34. The smallest absolute Gasteiger partial charge is 0.232 e. The lowest BCUT2D eigenvalue weighted by Crippen LogP contribution is -2.33. The molecule has 0 saturated carbocycles. The highest BCUT2D eigenvalue weighted by atomic mass is 32.2. The zero-order valence-electron chi connectivity index (χ0n) is 19.3. The van der Waals surface area contributed by atoms with Crippen LogP contribution in [0.3, 0.4) is 0 Å². The van der Waals surface area contributed by atoms with Gasteiger partial charge in [-0.15, -0.1) is 0 Å². The summed E-state index contributed by atoms with van der Waals surface area (Å²) < 4.78 is 36.8. The van der Waals surface area contributed by atoms with E-state index < -0.39 is 10.0 Å². The summed E-state index contributed by atoms with van der Waals surface area (Å²) in [6.45, 7) is 2.40. The number of hydrogen-bond donors (Lipinski definition) is 1. The molecule has 7 nitrogen and oxygen atoms in total. The number of aryl methyl sites for hydroxylation is 2. The molecule has 1 aliphatic carbocycles. The van der Waals surface area contributed by atoms with E-state index in [0.29, 0.717) is 23.6 Å². The fourth-order valence-corrected chi connectivity index (χ4v) is 5.52. The van der Waals surface area contributed by atoms with Crippen molar-refractivity contribution in [3.05, 3.63) is 53.1 Å². The Hall–Kier alpha value is -2.74. The number of nitrogens with zero attached hydrogens (tertiary/aromatic N) is 1. The van der Waals surface area contributed by atoms with Gasteiger partial charge in [-0.3, -0.25) is 9.10 Å². The summed E-state index contributed by atoms with van der Waals surface area (Å²) in [5.74, 6) is 1.05. The number of carbonyl (C=O) groups is 1. The molecular formula is C25H32N2O5S. The first-order valence-corrected chi connectivity index (χ1v) is 13.5. The number of carbonyl (C=O) groups excluding carboxylic acids is 1. The van der Waals surface area contributed by atoms with Crippen LogP contribution in [0.2, 0.25) is 0 Å². The third-order valence-corrected chi connectivity index (χ3v) is 7.52. The van der Waals surface area contributed by atoms with Crippen LogP contribution in [0.1, 0.15) is 61.8 Å². The number of sulfonamides is 1. The number of anilines is 1. The SMILES string of the molecule is CCC(NC(=O)CCCN(c1ccc2c(c1)OCO2)S(C)(=O)=O)c1ccc2c(c1)CCCC2. The fraction of sp³-hybridized carbons (Fsp3) is 0.480. The van der Waals surface area contributed by atoms with Crippen LogP contribution in [0.15, 0.2) is 36.4 Å². The summed E-state index contributed by atoms with van der Waals surface area (Å²) in [6, 6.07) is 11.6. The average molecular weight is 473 g/mol. The number of nitrogens with one attached hydrogen (secondary N) is 1. The van der Waals surface area contributed by atoms with Gasteiger partial charge in [-0.1, -0.05) is 25.1 Å². The van der Waals surface area contributed by atoms with Gasteiger partial charge >= 0.3 is 0 Å². The highest BCUT2D eigenvalue weighted by Crippen LogP contribution is 2.36. The molecule has 0 spiro atoms. The molecule has 1 atom stereocenters. The van der Waals surface area contributed by atoms with Gasteiger partial charge in [0.1, 0.15) is 0 Å². The van der Waals surface area contributed by atoms with E-state index in [2.05, 4.69) is 30.4 Å². The molecule has 8 heteroatoms. The lowest BCUT2D eigenvalue weighted by atomic mass is 9.89. The van der Waals surface area contributed by atoms with Gasteiger partial charge < -0.3 is 14.8 Å². The second-order valence-corrected chi connectivity index (χ2v) is 10.6. The molecule has 1 heterocycles. The molecule has 33 heavy (non-hydrogen) atoms. The van der Waals surface area contributed by atoms with E-state index in [1.807, 2.05) is 0 Å². The average Bonchev–Trinajstić information content (AvgIpc) is 3.27. The third kappa shape index (κ3) is 5.61. The Labute approximate surface area is 196 Å². The van der Waals surface area contributed by atoms with Crippen LogP contribution in [0.25, 0.3) is 0 Å². The maximum Gasteiger partial charge on any atom is 0.232 e. The molecule has 2 aromatic rings. The van der Waals surface area contributed by atoms with Gasteiger partial charge in [0.05, 0.1) is 18.0 Å². The van der Waals surface area contributed by atoms with Crippen molar-refractivity contribution in [1.82, 2.24) is 5.32 Å². The van der Waals surface area contributed by atoms with Crippen molar-refractivity contribution in [2.45, 2.75) is 57.9 Å². The Morgan fingerprint density at radius 2 is 1.82 bits per heavy atom. The number of amides is 1. The lowest BCUT2D eigenvalue weighted by molar-refractivity contribution is -0.121. The maximum atomic E-state index is 12.7. The molecule has 1 unspecified atom stereocenters. The van der Waals surface area contributed by atoms with Crippen molar-refractivity contribution >= 4 is 21.6 Å². The van der Waals surface area contributed by atoms with Crippen molar-refractivity contribution in [3.8, 4) is 11.5 Å². The highest BCUT2D eigenvalue weighted by Gasteiger charge is 2.22. The van der Waals surface area contributed by atoms with Crippen LogP contribution in [-0.2, 0) is 27.7 Å². The highest BCUT2D eigenvalue weighted by molar-refractivity contribution is 7.92. The van der Waals surface area contributed by atoms with E-state index in [9.17, 15) is 13.2 Å². The molecule has 4 rings (SSSR count). The minimum atomic E-state index is -3.51. The molecule has 0 bridgehead atoms. The summed E-state index contributed by atoms with van der Waals surface area (Å²) in [4.78, 5) is 12.7. The first-order valence-electron chi connectivity index (χ1n) is 11.6. The van der Waals surface area contributed by atoms with Gasteiger partial charge in [0.25, 0.3) is 0 Å². The summed E-state index contributed by atoms with van der Waals surface area (Å²) in [5, 5.41) is 3.13. The second-order valence-electron chi connectivity index (χ2n) is 8.74. The van der Waals surface area contributed by atoms with E-state index >= 15 is 0 Å². The second kappa shape index (κ2) is 10.0. The van der Waals surface area contributed by atoms with E-state index in [-0.39, 0.29) is 31.7 Å². The van der Waals surface area contributed by atoms with E-state index in [4.69, 9.17) is 9.47 Å². The Bertz CT molecular complexity index is 1120. The monoisotopic (exact) mass is 472 g/mol. The standard InChI is InChI=1S/C25H32N2O5S/c1-3-22(20-11-10-18-7-4-5-8-19(18)15-20)26-25(28)9-6-14-27(33(2,29)30)21-12-13-23-24(16-21)32-17-31-23/h10-13,15-16,22H,3-9,14,17H2,1-2H3,(H,26,28). The van der Waals surface area contributed by atoms with E-state index in [1.54, 1.807) is 18.2 Å².